The van der Waals surface area contributed by atoms with Crippen LogP contribution in [0.1, 0.15) is 26.7 Å². The van der Waals surface area contributed by atoms with Gasteiger partial charge in [-0.05, 0) is 18.8 Å². The van der Waals surface area contributed by atoms with Gasteiger partial charge < -0.3 is 15.2 Å². The van der Waals surface area contributed by atoms with E-state index in [1.165, 1.54) is 7.11 Å². The summed E-state index contributed by atoms with van der Waals surface area (Å²) in [5.74, 6) is -2.73. The molecule has 6 nitrogen and oxygen atoms in total. The predicted octanol–water partition coefficient (Wildman–Crippen LogP) is 0.411. The second-order valence-electron chi connectivity index (χ2n) is 5.00. The van der Waals surface area contributed by atoms with Crippen LogP contribution in [0, 0.1) is 17.8 Å². The summed E-state index contributed by atoms with van der Waals surface area (Å²) in [5.41, 5.74) is 0. The Morgan fingerprint density at radius 2 is 1.94 bits per heavy atom. The highest BCUT2D eigenvalue weighted by Crippen LogP contribution is 2.38. The highest BCUT2D eigenvalue weighted by atomic mass is 16.5. The molecule has 3 atom stereocenters. The van der Waals surface area contributed by atoms with Crippen LogP contribution in [-0.4, -0.2) is 36.1 Å². The highest BCUT2D eigenvalue weighted by molar-refractivity contribution is 5.92. The number of nitrogens with one attached hydrogen (secondary N) is 1. The SMILES string of the molecule is COC(=O)C(CC(C)C)NC(=O)C1CC1C(=O)O. The van der Waals surface area contributed by atoms with E-state index in [-0.39, 0.29) is 11.8 Å². The molecule has 0 aromatic carbocycles. The van der Waals surface area contributed by atoms with Gasteiger partial charge >= 0.3 is 11.9 Å². The summed E-state index contributed by atoms with van der Waals surface area (Å²) in [6.07, 6.45) is 0.819. The standard InChI is InChI=1S/C12H19NO5/c1-6(2)4-9(12(17)18-3)13-10(14)7-5-8(7)11(15)16/h6-9H,4-5H2,1-3H3,(H,13,14)(H,15,16). The van der Waals surface area contributed by atoms with Gasteiger partial charge in [-0.15, -0.1) is 0 Å². The summed E-state index contributed by atoms with van der Waals surface area (Å²) in [7, 11) is 1.26. The van der Waals surface area contributed by atoms with Crippen molar-refractivity contribution in [3.8, 4) is 0 Å². The molecule has 1 aliphatic carbocycles. The topological polar surface area (TPSA) is 92.7 Å². The zero-order chi connectivity index (χ0) is 13.9. The van der Waals surface area contributed by atoms with Crippen LogP contribution in [0.15, 0.2) is 0 Å². The average molecular weight is 257 g/mol. The Hall–Kier alpha value is -1.59. The first-order valence-electron chi connectivity index (χ1n) is 5.97. The number of hydrogen-bond acceptors (Lipinski definition) is 4. The van der Waals surface area contributed by atoms with Crippen LogP contribution in [0.2, 0.25) is 0 Å². The summed E-state index contributed by atoms with van der Waals surface area (Å²) in [6.45, 7) is 3.86. The number of methoxy groups -OCH3 is 1. The van der Waals surface area contributed by atoms with Crippen LogP contribution in [0.25, 0.3) is 0 Å². The minimum Gasteiger partial charge on any atom is -0.481 e. The molecule has 0 bridgehead atoms. The van der Waals surface area contributed by atoms with Gasteiger partial charge in [-0.1, -0.05) is 13.8 Å². The van der Waals surface area contributed by atoms with E-state index >= 15 is 0 Å². The lowest BCUT2D eigenvalue weighted by molar-refractivity contribution is -0.145. The maximum absolute atomic E-state index is 11.8. The maximum atomic E-state index is 11.8. The van der Waals surface area contributed by atoms with Gasteiger partial charge in [0.1, 0.15) is 6.04 Å². The van der Waals surface area contributed by atoms with Crippen LogP contribution >= 0.6 is 0 Å². The minimum absolute atomic E-state index is 0.226. The summed E-state index contributed by atoms with van der Waals surface area (Å²) < 4.78 is 4.62. The van der Waals surface area contributed by atoms with Crippen molar-refractivity contribution < 1.29 is 24.2 Å². The van der Waals surface area contributed by atoms with E-state index < -0.39 is 29.8 Å². The molecule has 0 spiro atoms. The number of carboxylic acids is 1. The van der Waals surface area contributed by atoms with Gasteiger partial charge in [-0.2, -0.15) is 0 Å². The van der Waals surface area contributed by atoms with E-state index in [9.17, 15) is 14.4 Å². The summed E-state index contributed by atoms with van der Waals surface area (Å²) >= 11 is 0. The molecule has 1 saturated carbocycles. The van der Waals surface area contributed by atoms with Crippen molar-refractivity contribution in [3.05, 3.63) is 0 Å². The maximum Gasteiger partial charge on any atom is 0.328 e. The van der Waals surface area contributed by atoms with E-state index in [1.54, 1.807) is 0 Å². The van der Waals surface area contributed by atoms with Gasteiger partial charge in [0.2, 0.25) is 5.91 Å². The molecular weight excluding hydrogens is 238 g/mol. The first-order valence-corrected chi connectivity index (χ1v) is 5.97. The molecule has 102 valence electrons. The Bertz CT molecular complexity index is 352. The third kappa shape index (κ3) is 3.72. The van der Waals surface area contributed by atoms with Gasteiger partial charge in [0.25, 0.3) is 0 Å². The number of ether oxygens (including phenoxy) is 1. The van der Waals surface area contributed by atoms with Crippen LogP contribution in [0.4, 0.5) is 0 Å². The first-order chi connectivity index (χ1) is 8.36. The Kier molecular flexibility index (Phi) is 4.69. The van der Waals surface area contributed by atoms with Gasteiger partial charge in [0.15, 0.2) is 0 Å². The zero-order valence-electron chi connectivity index (χ0n) is 10.8. The van der Waals surface area contributed by atoms with Crippen molar-refractivity contribution in [2.75, 3.05) is 7.11 Å². The number of esters is 1. The molecule has 0 heterocycles. The minimum atomic E-state index is -0.964. The quantitative estimate of drug-likeness (QED) is 0.672. The fourth-order valence-electron chi connectivity index (χ4n) is 1.86. The molecular formula is C12H19NO5. The number of carboxylic acid groups (broad SMARTS) is 1. The second kappa shape index (κ2) is 5.84. The molecule has 2 N–H and O–H groups in total. The van der Waals surface area contributed by atoms with Gasteiger partial charge in [-0.25, -0.2) is 4.79 Å². The van der Waals surface area contributed by atoms with E-state index in [0.29, 0.717) is 12.8 Å². The molecule has 0 radical (unpaired) electrons. The second-order valence-corrected chi connectivity index (χ2v) is 5.00. The smallest absolute Gasteiger partial charge is 0.328 e. The molecule has 1 amide bonds. The first kappa shape index (κ1) is 14.5. The predicted molar refractivity (Wildman–Crippen MR) is 62.6 cm³/mol. The van der Waals surface area contributed by atoms with Gasteiger partial charge in [0, 0.05) is 0 Å². The van der Waals surface area contributed by atoms with Crippen molar-refractivity contribution in [2.24, 2.45) is 17.8 Å². The molecule has 0 aromatic rings. The molecule has 6 heteroatoms. The molecule has 1 fully saturated rings. The Morgan fingerprint density at radius 3 is 2.33 bits per heavy atom. The lowest BCUT2D eigenvalue weighted by Crippen LogP contribution is -2.43. The Balaban J connectivity index is 2.53. The van der Waals surface area contributed by atoms with Crippen LogP contribution in [0.3, 0.4) is 0 Å². The third-order valence-corrected chi connectivity index (χ3v) is 2.95. The lowest BCUT2D eigenvalue weighted by atomic mass is 10.0. The fourth-order valence-corrected chi connectivity index (χ4v) is 1.86. The number of rotatable bonds is 6. The monoisotopic (exact) mass is 257 g/mol. The summed E-state index contributed by atoms with van der Waals surface area (Å²) in [5, 5.41) is 11.3. The van der Waals surface area contributed by atoms with Crippen LogP contribution < -0.4 is 5.32 Å². The molecule has 18 heavy (non-hydrogen) atoms. The molecule has 0 aliphatic heterocycles. The van der Waals surface area contributed by atoms with E-state index in [2.05, 4.69) is 10.1 Å². The van der Waals surface area contributed by atoms with Crippen molar-refractivity contribution in [1.29, 1.82) is 0 Å². The van der Waals surface area contributed by atoms with Crippen LogP contribution in [0.5, 0.6) is 0 Å². The van der Waals surface area contributed by atoms with Gasteiger partial charge in [0.05, 0.1) is 18.9 Å². The molecule has 0 saturated heterocycles. The highest BCUT2D eigenvalue weighted by Gasteiger charge is 2.49. The van der Waals surface area contributed by atoms with E-state index in [4.69, 9.17) is 5.11 Å². The van der Waals surface area contributed by atoms with E-state index in [0.717, 1.165) is 0 Å². The largest absolute Gasteiger partial charge is 0.481 e. The van der Waals surface area contributed by atoms with Crippen molar-refractivity contribution in [1.82, 2.24) is 5.32 Å². The third-order valence-electron chi connectivity index (χ3n) is 2.95. The number of carbonyl (C=O) groups excluding carboxylic acids is 2. The Labute approximate surface area is 106 Å². The molecule has 1 aliphatic rings. The fraction of sp³-hybridized carbons (Fsp3) is 0.750. The average Bonchev–Trinajstić information content (AvgIpc) is 3.06. The summed E-state index contributed by atoms with van der Waals surface area (Å²) in [6, 6.07) is -0.697. The van der Waals surface area contributed by atoms with Gasteiger partial charge in [-0.3, -0.25) is 9.59 Å². The number of amides is 1. The van der Waals surface area contributed by atoms with E-state index in [1.807, 2.05) is 13.8 Å². The van der Waals surface area contributed by atoms with Crippen molar-refractivity contribution in [2.45, 2.75) is 32.7 Å². The zero-order valence-corrected chi connectivity index (χ0v) is 10.8. The molecule has 0 aromatic heterocycles. The number of aliphatic carboxylic acids is 1. The molecule has 1 rings (SSSR count). The summed E-state index contributed by atoms with van der Waals surface area (Å²) in [4.78, 5) is 33.9. The number of carbonyl (C=O) groups is 3. The Morgan fingerprint density at radius 1 is 1.33 bits per heavy atom. The lowest BCUT2D eigenvalue weighted by Gasteiger charge is -2.18. The molecule has 3 unspecified atom stereocenters. The normalized spacial score (nSPS) is 23.3. The van der Waals surface area contributed by atoms with Crippen LogP contribution in [-0.2, 0) is 19.1 Å². The number of hydrogen-bond donors (Lipinski definition) is 2. The van der Waals surface area contributed by atoms with Crippen molar-refractivity contribution in [3.63, 3.8) is 0 Å². The van der Waals surface area contributed by atoms with Crippen molar-refractivity contribution >= 4 is 17.8 Å².